The van der Waals surface area contributed by atoms with Crippen LogP contribution in [-0.4, -0.2) is 51.3 Å². The fourth-order valence-corrected chi connectivity index (χ4v) is 4.16. The molecule has 0 radical (unpaired) electrons. The summed E-state index contributed by atoms with van der Waals surface area (Å²) in [5.41, 5.74) is 9.30. The van der Waals surface area contributed by atoms with Gasteiger partial charge in [-0.05, 0) is 32.3 Å². The molecule has 8 nitrogen and oxygen atoms in total. The highest BCUT2D eigenvalue weighted by Crippen LogP contribution is 2.34. The number of aromatic amines is 1. The van der Waals surface area contributed by atoms with Crippen LogP contribution in [0.3, 0.4) is 0 Å². The summed E-state index contributed by atoms with van der Waals surface area (Å²) >= 11 is 0. The van der Waals surface area contributed by atoms with Gasteiger partial charge >= 0.3 is 0 Å². The van der Waals surface area contributed by atoms with Crippen LogP contribution in [0.5, 0.6) is 5.75 Å². The maximum Gasteiger partial charge on any atom is 0.184 e. The Bertz CT molecular complexity index is 966. The molecule has 2 aromatic heterocycles. The number of aryl methyl sites for hydroxylation is 1. The number of methoxy groups -OCH3 is 2. The van der Waals surface area contributed by atoms with Crippen molar-refractivity contribution in [2.45, 2.75) is 50.8 Å². The Balaban J connectivity index is 1.71. The third-order valence-corrected chi connectivity index (χ3v) is 5.79. The van der Waals surface area contributed by atoms with E-state index < -0.39 is 0 Å². The molecule has 1 aliphatic rings. The number of para-hydroxylation sites is 1. The first-order chi connectivity index (χ1) is 14.1. The van der Waals surface area contributed by atoms with Crippen molar-refractivity contribution in [1.82, 2.24) is 25.0 Å². The normalized spacial score (nSPS) is 22.0. The van der Waals surface area contributed by atoms with Gasteiger partial charge in [0, 0.05) is 30.3 Å². The first-order valence-corrected chi connectivity index (χ1v) is 9.96. The molecule has 3 atom stereocenters. The van der Waals surface area contributed by atoms with Crippen molar-refractivity contribution >= 4 is 0 Å². The minimum absolute atomic E-state index is 0.00530. The summed E-state index contributed by atoms with van der Waals surface area (Å²) in [6.07, 6.45) is 4.60. The number of benzene rings is 1. The minimum Gasteiger partial charge on any atom is -0.496 e. The van der Waals surface area contributed by atoms with Crippen molar-refractivity contribution in [1.29, 1.82) is 0 Å². The van der Waals surface area contributed by atoms with E-state index in [0.29, 0.717) is 12.4 Å². The smallest absolute Gasteiger partial charge is 0.184 e. The van der Waals surface area contributed by atoms with Crippen LogP contribution >= 0.6 is 0 Å². The SMILES string of the molecule is COc1ccccc1Cn1nc(-c2cn[nH]c2C)nc1[C@H]1CC[C@@H](OC)[C@H](N)C1. The molecule has 0 aliphatic heterocycles. The molecule has 1 fully saturated rings. The van der Waals surface area contributed by atoms with Crippen molar-refractivity contribution in [3.8, 4) is 17.1 Å². The lowest BCUT2D eigenvalue weighted by Crippen LogP contribution is -2.41. The highest BCUT2D eigenvalue weighted by atomic mass is 16.5. The Morgan fingerprint density at radius 3 is 2.76 bits per heavy atom. The molecule has 2 heterocycles. The van der Waals surface area contributed by atoms with Gasteiger partial charge in [-0.25, -0.2) is 9.67 Å². The van der Waals surface area contributed by atoms with E-state index in [1.165, 1.54) is 0 Å². The predicted octanol–water partition coefficient (Wildman–Crippen LogP) is 2.64. The third-order valence-electron chi connectivity index (χ3n) is 5.79. The second-order valence-corrected chi connectivity index (χ2v) is 7.62. The highest BCUT2D eigenvalue weighted by Gasteiger charge is 2.32. The number of hydrogen-bond donors (Lipinski definition) is 2. The van der Waals surface area contributed by atoms with Crippen molar-refractivity contribution in [3.05, 3.63) is 47.5 Å². The van der Waals surface area contributed by atoms with Crippen LogP contribution < -0.4 is 10.5 Å². The summed E-state index contributed by atoms with van der Waals surface area (Å²) in [5.74, 6) is 2.72. The average molecular weight is 396 g/mol. The lowest BCUT2D eigenvalue weighted by molar-refractivity contribution is 0.0480. The second kappa shape index (κ2) is 8.34. The summed E-state index contributed by atoms with van der Waals surface area (Å²) < 4.78 is 13.1. The molecule has 3 aromatic rings. The molecule has 0 spiro atoms. The van der Waals surface area contributed by atoms with Crippen molar-refractivity contribution < 1.29 is 9.47 Å². The van der Waals surface area contributed by atoms with Gasteiger partial charge in [0.2, 0.25) is 0 Å². The molecule has 0 amide bonds. The van der Waals surface area contributed by atoms with Gasteiger partial charge in [0.25, 0.3) is 0 Å². The van der Waals surface area contributed by atoms with Crippen LogP contribution in [0.15, 0.2) is 30.5 Å². The largest absolute Gasteiger partial charge is 0.496 e. The lowest BCUT2D eigenvalue weighted by atomic mass is 9.83. The van der Waals surface area contributed by atoms with E-state index in [2.05, 4.69) is 16.3 Å². The zero-order valence-corrected chi connectivity index (χ0v) is 17.1. The maximum absolute atomic E-state index is 6.37. The number of rotatable bonds is 6. The van der Waals surface area contributed by atoms with Crippen LogP contribution in [0.25, 0.3) is 11.4 Å². The van der Waals surface area contributed by atoms with E-state index in [9.17, 15) is 0 Å². The molecular weight excluding hydrogens is 368 g/mol. The van der Waals surface area contributed by atoms with Crippen molar-refractivity contribution in [3.63, 3.8) is 0 Å². The number of H-pyrrole nitrogens is 1. The molecule has 4 rings (SSSR count). The predicted molar refractivity (Wildman–Crippen MR) is 110 cm³/mol. The number of aromatic nitrogens is 5. The zero-order chi connectivity index (χ0) is 20.4. The standard InChI is InChI=1S/C21H28N6O2/c1-13-16(11-23-25-13)20-24-21(14-8-9-19(29-3)17(22)10-14)27(26-20)12-15-6-4-5-7-18(15)28-2/h4-7,11,14,17,19H,8-10,12,22H2,1-3H3,(H,23,25)/t14-,17+,19+/m0/s1. The quantitative estimate of drug-likeness (QED) is 0.664. The van der Waals surface area contributed by atoms with E-state index in [-0.39, 0.29) is 18.1 Å². The number of nitrogens with one attached hydrogen (secondary N) is 1. The zero-order valence-electron chi connectivity index (χ0n) is 17.1. The molecule has 1 aliphatic carbocycles. The van der Waals surface area contributed by atoms with Crippen LogP contribution in [0.1, 0.15) is 42.3 Å². The van der Waals surface area contributed by atoms with Crippen LogP contribution in [-0.2, 0) is 11.3 Å². The minimum atomic E-state index is -0.00530. The van der Waals surface area contributed by atoms with Gasteiger partial charge in [0.05, 0.1) is 31.5 Å². The second-order valence-electron chi connectivity index (χ2n) is 7.62. The van der Waals surface area contributed by atoms with Crippen molar-refractivity contribution in [2.24, 2.45) is 5.73 Å². The summed E-state index contributed by atoms with van der Waals surface area (Å²) in [7, 11) is 3.42. The molecule has 154 valence electrons. The van der Waals surface area contributed by atoms with Crippen LogP contribution in [0.4, 0.5) is 0 Å². The average Bonchev–Trinajstić information content (AvgIpc) is 3.34. The van der Waals surface area contributed by atoms with Gasteiger partial charge in [-0.2, -0.15) is 10.2 Å². The van der Waals surface area contributed by atoms with Gasteiger partial charge in [-0.15, -0.1) is 0 Å². The van der Waals surface area contributed by atoms with Gasteiger partial charge in [-0.3, -0.25) is 5.10 Å². The van der Waals surface area contributed by atoms with Crippen LogP contribution in [0.2, 0.25) is 0 Å². The first-order valence-electron chi connectivity index (χ1n) is 9.96. The van der Waals surface area contributed by atoms with E-state index in [1.54, 1.807) is 20.4 Å². The van der Waals surface area contributed by atoms with E-state index in [0.717, 1.165) is 47.7 Å². The fraction of sp³-hybridized carbons (Fsp3) is 0.476. The van der Waals surface area contributed by atoms with Gasteiger partial charge in [-0.1, -0.05) is 18.2 Å². The van der Waals surface area contributed by atoms with E-state index in [1.807, 2.05) is 29.8 Å². The number of nitrogens with zero attached hydrogens (tertiary/aromatic N) is 4. The highest BCUT2D eigenvalue weighted by molar-refractivity contribution is 5.56. The van der Waals surface area contributed by atoms with Gasteiger partial charge < -0.3 is 15.2 Å². The molecule has 8 heteroatoms. The molecule has 3 N–H and O–H groups in total. The molecule has 29 heavy (non-hydrogen) atoms. The molecule has 0 saturated heterocycles. The summed E-state index contributed by atoms with van der Waals surface area (Å²) in [6, 6.07) is 7.99. The molecular formula is C21H28N6O2. The molecule has 0 bridgehead atoms. The fourth-order valence-electron chi connectivity index (χ4n) is 4.16. The third kappa shape index (κ3) is 3.90. The van der Waals surface area contributed by atoms with Gasteiger partial charge in [0.1, 0.15) is 11.6 Å². The Hall–Kier alpha value is -2.71. The van der Waals surface area contributed by atoms with Gasteiger partial charge in [0.15, 0.2) is 5.82 Å². The summed E-state index contributed by atoms with van der Waals surface area (Å²) in [4.78, 5) is 4.93. The topological polar surface area (TPSA) is 104 Å². The maximum atomic E-state index is 6.37. The Morgan fingerprint density at radius 1 is 1.24 bits per heavy atom. The molecule has 1 saturated carbocycles. The molecule has 0 unspecified atom stereocenters. The Labute approximate surface area is 170 Å². The lowest BCUT2D eigenvalue weighted by Gasteiger charge is -2.32. The van der Waals surface area contributed by atoms with E-state index >= 15 is 0 Å². The summed E-state index contributed by atoms with van der Waals surface area (Å²) in [5, 5.41) is 11.9. The summed E-state index contributed by atoms with van der Waals surface area (Å²) in [6.45, 7) is 2.56. The number of hydrogen-bond acceptors (Lipinski definition) is 6. The molecule has 1 aromatic carbocycles. The van der Waals surface area contributed by atoms with Crippen LogP contribution in [0, 0.1) is 6.92 Å². The Kier molecular flexibility index (Phi) is 5.64. The number of nitrogens with two attached hydrogens (primary N) is 1. The van der Waals surface area contributed by atoms with Crippen molar-refractivity contribution in [2.75, 3.05) is 14.2 Å². The Morgan fingerprint density at radius 2 is 2.07 bits per heavy atom. The monoisotopic (exact) mass is 396 g/mol. The first kappa shape index (κ1) is 19.6. The van der Waals surface area contributed by atoms with E-state index in [4.69, 9.17) is 25.3 Å². The number of ether oxygens (including phenoxy) is 2.